The molecule has 1 N–H and O–H groups in total. The molecule has 2 unspecified atom stereocenters. The smallest absolute Gasteiger partial charge is 0.390 e. The zero-order chi connectivity index (χ0) is 23.8. The molecule has 0 spiro atoms. The number of alkyl halides is 3. The molecule has 2 atom stereocenters. The monoisotopic (exact) mass is 485 g/mol. The molecule has 1 amide bonds. The number of likely N-dealkylation sites (tertiary alicyclic amines) is 1. The van der Waals surface area contributed by atoms with Gasteiger partial charge in [0.25, 0.3) is 5.91 Å². The average Bonchev–Trinajstić information content (AvgIpc) is 3.16. The second-order valence-corrected chi connectivity index (χ2v) is 8.91. The highest BCUT2D eigenvalue weighted by Crippen LogP contribution is 2.32. The Morgan fingerprint density at radius 1 is 1.03 bits per heavy atom. The fourth-order valence-corrected chi connectivity index (χ4v) is 4.58. The van der Waals surface area contributed by atoms with Crippen molar-refractivity contribution in [3.63, 3.8) is 0 Å². The summed E-state index contributed by atoms with van der Waals surface area (Å²) in [6, 6.07) is 9.61. The van der Waals surface area contributed by atoms with Crippen LogP contribution in [0.25, 0.3) is 0 Å². The third-order valence-electron chi connectivity index (χ3n) is 6.26. The van der Waals surface area contributed by atoms with Crippen LogP contribution < -0.4 is 0 Å². The van der Waals surface area contributed by atoms with Crippen LogP contribution in [0.5, 0.6) is 0 Å². The van der Waals surface area contributed by atoms with E-state index in [9.17, 15) is 27.5 Å². The molecule has 10 heteroatoms. The number of carbonyl (C=O) groups is 1. The van der Waals surface area contributed by atoms with Crippen molar-refractivity contribution < 1.29 is 27.5 Å². The minimum Gasteiger partial charge on any atom is -0.390 e. The summed E-state index contributed by atoms with van der Waals surface area (Å²) in [6.07, 6.45) is -5.70. The fraction of sp³-hybridized carbons (Fsp3) is 0.435. The van der Waals surface area contributed by atoms with E-state index in [1.54, 1.807) is 0 Å². The molecule has 2 saturated heterocycles. The van der Waals surface area contributed by atoms with E-state index in [0.717, 1.165) is 31.3 Å². The van der Waals surface area contributed by atoms with E-state index in [1.807, 2.05) is 24.3 Å². The van der Waals surface area contributed by atoms with Gasteiger partial charge < -0.3 is 10.0 Å². The number of carbonyl (C=O) groups excluding carboxylic acids is 1. The van der Waals surface area contributed by atoms with Crippen molar-refractivity contribution in [1.82, 2.24) is 14.7 Å². The van der Waals surface area contributed by atoms with Gasteiger partial charge >= 0.3 is 6.18 Å². The Morgan fingerprint density at radius 3 is 2.33 bits per heavy atom. The third kappa shape index (κ3) is 5.48. The maximum Gasteiger partial charge on any atom is 0.419 e. The summed E-state index contributed by atoms with van der Waals surface area (Å²) >= 11 is 5.93. The van der Waals surface area contributed by atoms with Crippen LogP contribution in [-0.4, -0.2) is 77.1 Å². The van der Waals surface area contributed by atoms with E-state index >= 15 is 0 Å². The normalized spacial score (nSPS) is 22.7. The number of nitrogens with zero attached hydrogens (tertiary/aromatic N) is 3. The Morgan fingerprint density at radius 2 is 1.70 bits per heavy atom. The largest absolute Gasteiger partial charge is 0.419 e. The van der Waals surface area contributed by atoms with Crippen LogP contribution in [0, 0.1) is 5.82 Å². The number of rotatable bonds is 4. The number of amides is 1. The van der Waals surface area contributed by atoms with E-state index in [2.05, 4.69) is 9.80 Å². The first-order chi connectivity index (χ1) is 15.6. The highest BCUT2D eigenvalue weighted by atomic mass is 35.5. The lowest BCUT2D eigenvalue weighted by Gasteiger charge is -2.38. The molecule has 2 aromatic rings. The quantitative estimate of drug-likeness (QED) is 0.673. The number of hydrogen-bond acceptors (Lipinski definition) is 4. The van der Waals surface area contributed by atoms with Gasteiger partial charge in [0, 0.05) is 56.4 Å². The maximum absolute atomic E-state index is 13.6. The van der Waals surface area contributed by atoms with Gasteiger partial charge in [0.15, 0.2) is 0 Å². The SMILES string of the molecule is O=C(c1ccc(F)c(C(F)(F)F)c1)N1CC(O)C(N2CCN(Cc3ccc(Cl)cc3)CC2)C1. The second-order valence-electron chi connectivity index (χ2n) is 8.48. The van der Waals surface area contributed by atoms with Crippen LogP contribution in [0.3, 0.4) is 0 Å². The molecule has 2 fully saturated rings. The molecule has 0 aromatic heterocycles. The van der Waals surface area contributed by atoms with Crippen molar-refractivity contribution in [1.29, 1.82) is 0 Å². The molecule has 2 aromatic carbocycles. The highest BCUT2D eigenvalue weighted by Gasteiger charge is 2.40. The van der Waals surface area contributed by atoms with Crippen LogP contribution in [-0.2, 0) is 12.7 Å². The highest BCUT2D eigenvalue weighted by molar-refractivity contribution is 6.30. The van der Waals surface area contributed by atoms with Gasteiger partial charge in [-0.2, -0.15) is 13.2 Å². The predicted molar refractivity (Wildman–Crippen MR) is 115 cm³/mol. The first-order valence-electron chi connectivity index (χ1n) is 10.7. The summed E-state index contributed by atoms with van der Waals surface area (Å²) in [5.74, 6) is -2.07. The molecule has 4 rings (SSSR count). The molecule has 2 heterocycles. The Kier molecular flexibility index (Phi) is 6.95. The Hall–Kier alpha value is -2.20. The maximum atomic E-state index is 13.6. The molecular formula is C23H24ClF4N3O2. The molecule has 2 aliphatic rings. The van der Waals surface area contributed by atoms with Gasteiger partial charge in [0.1, 0.15) is 5.82 Å². The summed E-state index contributed by atoms with van der Waals surface area (Å²) < 4.78 is 52.6. The third-order valence-corrected chi connectivity index (χ3v) is 6.51. The fourth-order valence-electron chi connectivity index (χ4n) is 4.45. The van der Waals surface area contributed by atoms with Gasteiger partial charge in [0.2, 0.25) is 0 Å². The van der Waals surface area contributed by atoms with Crippen molar-refractivity contribution in [2.45, 2.75) is 24.9 Å². The van der Waals surface area contributed by atoms with E-state index < -0.39 is 29.6 Å². The number of piperazine rings is 1. The van der Waals surface area contributed by atoms with Crippen LogP contribution in [0.15, 0.2) is 42.5 Å². The van der Waals surface area contributed by atoms with Crippen LogP contribution >= 0.6 is 11.6 Å². The predicted octanol–water partition coefficient (Wildman–Crippen LogP) is 3.50. The van der Waals surface area contributed by atoms with Crippen molar-refractivity contribution in [3.05, 3.63) is 70.0 Å². The first-order valence-corrected chi connectivity index (χ1v) is 11.0. The zero-order valence-electron chi connectivity index (χ0n) is 17.7. The van der Waals surface area contributed by atoms with E-state index in [1.165, 1.54) is 4.90 Å². The minimum absolute atomic E-state index is 0.0210. The second kappa shape index (κ2) is 9.58. The molecule has 2 aliphatic heterocycles. The standard InChI is InChI=1S/C23H24ClF4N3O2/c24-17-4-1-15(2-5-17)12-29-7-9-30(10-8-29)20-13-31(14-21(20)32)22(33)16-3-6-19(25)18(11-16)23(26,27)28/h1-6,11,20-21,32H,7-10,12-14H2. The molecule has 0 aliphatic carbocycles. The molecule has 33 heavy (non-hydrogen) atoms. The summed E-state index contributed by atoms with van der Waals surface area (Å²) in [4.78, 5) is 18.5. The number of halogens is 5. The van der Waals surface area contributed by atoms with Crippen LogP contribution in [0.2, 0.25) is 5.02 Å². The van der Waals surface area contributed by atoms with E-state index in [4.69, 9.17) is 11.6 Å². The van der Waals surface area contributed by atoms with Gasteiger partial charge in [-0.1, -0.05) is 23.7 Å². The van der Waals surface area contributed by atoms with Gasteiger partial charge in [-0.05, 0) is 35.9 Å². The van der Waals surface area contributed by atoms with E-state index in [-0.39, 0.29) is 24.7 Å². The summed E-state index contributed by atoms with van der Waals surface area (Å²) in [5.41, 5.74) is -0.561. The van der Waals surface area contributed by atoms with Crippen LogP contribution in [0.4, 0.5) is 17.6 Å². The van der Waals surface area contributed by atoms with Gasteiger partial charge in [-0.25, -0.2) is 4.39 Å². The minimum atomic E-state index is -4.89. The van der Waals surface area contributed by atoms with Gasteiger partial charge in [-0.15, -0.1) is 0 Å². The van der Waals surface area contributed by atoms with Crippen LogP contribution in [0.1, 0.15) is 21.5 Å². The summed E-state index contributed by atoms with van der Waals surface area (Å²) in [6.45, 7) is 3.98. The van der Waals surface area contributed by atoms with Crippen molar-refractivity contribution >= 4 is 17.5 Å². The number of β-amino-alcohol motifs (C(OH)–C–C–N with tert-alkyl or cyclic N) is 1. The number of benzene rings is 2. The Balaban J connectivity index is 1.35. The van der Waals surface area contributed by atoms with Crippen molar-refractivity contribution in [3.8, 4) is 0 Å². The lowest BCUT2D eigenvalue weighted by atomic mass is 10.1. The topological polar surface area (TPSA) is 47.0 Å². The zero-order valence-corrected chi connectivity index (χ0v) is 18.5. The number of aliphatic hydroxyl groups is 1. The lowest BCUT2D eigenvalue weighted by molar-refractivity contribution is -0.140. The summed E-state index contributed by atoms with van der Waals surface area (Å²) in [7, 11) is 0. The molecule has 178 valence electrons. The van der Waals surface area contributed by atoms with Crippen molar-refractivity contribution in [2.24, 2.45) is 0 Å². The van der Waals surface area contributed by atoms with Crippen molar-refractivity contribution in [2.75, 3.05) is 39.3 Å². The van der Waals surface area contributed by atoms with Gasteiger partial charge in [0.05, 0.1) is 17.7 Å². The number of aliphatic hydroxyl groups excluding tert-OH is 1. The first kappa shape index (κ1) is 23.9. The average molecular weight is 486 g/mol. The molecule has 0 radical (unpaired) electrons. The lowest BCUT2D eigenvalue weighted by Crippen LogP contribution is -2.53. The molecule has 0 bridgehead atoms. The van der Waals surface area contributed by atoms with E-state index in [0.29, 0.717) is 30.2 Å². The van der Waals surface area contributed by atoms with Gasteiger partial charge in [-0.3, -0.25) is 14.6 Å². The molecule has 0 saturated carbocycles. The molecule has 5 nitrogen and oxygen atoms in total. The Bertz CT molecular complexity index is 994. The molecular weight excluding hydrogens is 462 g/mol. The summed E-state index contributed by atoms with van der Waals surface area (Å²) in [5, 5.41) is 11.2. The Labute approximate surface area is 194 Å². The number of hydrogen-bond donors (Lipinski definition) is 1.